The monoisotopic (exact) mass is 235 g/mol. The maximum Gasteiger partial charge on any atom is 0.240 e. The summed E-state index contributed by atoms with van der Waals surface area (Å²) in [6.45, 7) is 4.08. The van der Waals surface area contributed by atoms with E-state index < -0.39 is 5.92 Å². The summed E-state index contributed by atoms with van der Waals surface area (Å²) in [6.07, 6.45) is 1.41. The van der Waals surface area contributed by atoms with Gasteiger partial charge in [-0.15, -0.1) is 0 Å². The Morgan fingerprint density at radius 1 is 1.65 bits per heavy atom. The van der Waals surface area contributed by atoms with Gasteiger partial charge in [-0.25, -0.2) is 4.98 Å². The van der Waals surface area contributed by atoms with E-state index in [9.17, 15) is 4.79 Å². The number of hydrogen-bond acceptors (Lipinski definition) is 4. The lowest BCUT2D eigenvalue weighted by atomic mass is 10.0. The van der Waals surface area contributed by atoms with Gasteiger partial charge in [-0.05, 0) is 13.3 Å². The fraction of sp³-hybridized carbons (Fsp3) is 0.636. The molecule has 6 nitrogen and oxygen atoms in total. The molecule has 17 heavy (non-hydrogen) atoms. The van der Waals surface area contributed by atoms with Gasteiger partial charge < -0.3 is 4.90 Å². The van der Waals surface area contributed by atoms with Crippen LogP contribution in [0.3, 0.4) is 0 Å². The lowest BCUT2D eigenvalue weighted by Crippen LogP contribution is -2.32. The topological polar surface area (TPSA) is 85.7 Å². The number of aromatic nitrogens is 3. The van der Waals surface area contributed by atoms with Crippen molar-refractivity contribution < 1.29 is 4.79 Å². The normalized spacial score (nSPS) is 11.9. The molecular formula is C11H17N5O. The van der Waals surface area contributed by atoms with Crippen LogP contribution in [0, 0.1) is 24.2 Å². The average molecular weight is 235 g/mol. The number of aromatic amines is 1. The summed E-state index contributed by atoms with van der Waals surface area (Å²) in [6, 6.07) is 2.03. The summed E-state index contributed by atoms with van der Waals surface area (Å²) in [4.78, 5) is 17.5. The van der Waals surface area contributed by atoms with Crippen molar-refractivity contribution in [2.45, 2.75) is 33.2 Å². The van der Waals surface area contributed by atoms with Gasteiger partial charge in [0.1, 0.15) is 11.7 Å². The number of rotatable bonds is 5. The van der Waals surface area contributed by atoms with Crippen molar-refractivity contribution in [2.24, 2.45) is 5.92 Å². The first kappa shape index (κ1) is 13.2. The van der Waals surface area contributed by atoms with E-state index in [-0.39, 0.29) is 5.91 Å². The third kappa shape index (κ3) is 3.55. The second-order valence-electron chi connectivity index (χ2n) is 4.00. The fourth-order valence-electron chi connectivity index (χ4n) is 1.55. The average Bonchev–Trinajstić information content (AvgIpc) is 2.70. The van der Waals surface area contributed by atoms with E-state index in [1.165, 1.54) is 4.90 Å². The molecule has 92 valence electrons. The van der Waals surface area contributed by atoms with Crippen molar-refractivity contribution in [3.8, 4) is 6.07 Å². The summed E-state index contributed by atoms with van der Waals surface area (Å²) >= 11 is 0. The smallest absolute Gasteiger partial charge is 0.240 e. The van der Waals surface area contributed by atoms with E-state index >= 15 is 0 Å². The summed E-state index contributed by atoms with van der Waals surface area (Å²) in [5, 5.41) is 15.6. The second kappa shape index (κ2) is 5.99. The van der Waals surface area contributed by atoms with Crippen LogP contribution in [0.2, 0.25) is 0 Å². The predicted octanol–water partition coefficient (Wildman–Crippen LogP) is 1.01. The molecule has 1 aromatic rings. The van der Waals surface area contributed by atoms with Crippen LogP contribution in [0.5, 0.6) is 0 Å². The summed E-state index contributed by atoms with van der Waals surface area (Å²) in [5.74, 6) is 0.541. The molecule has 1 heterocycles. The molecule has 6 heteroatoms. The molecular weight excluding hydrogens is 218 g/mol. The van der Waals surface area contributed by atoms with Crippen LogP contribution in [0.15, 0.2) is 0 Å². The van der Waals surface area contributed by atoms with Crippen LogP contribution in [-0.2, 0) is 11.3 Å². The van der Waals surface area contributed by atoms with Gasteiger partial charge in [-0.3, -0.25) is 9.89 Å². The van der Waals surface area contributed by atoms with Gasteiger partial charge in [0.25, 0.3) is 0 Å². The van der Waals surface area contributed by atoms with Gasteiger partial charge in [0.05, 0.1) is 12.6 Å². The fourth-order valence-corrected chi connectivity index (χ4v) is 1.55. The van der Waals surface area contributed by atoms with Gasteiger partial charge in [0.15, 0.2) is 5.82 Å². The molecule has 1 amide bonds. The first-order chi connectivity index (χ1) is 8.08. The molecule has 0 radical (unpaired) electrons. The van der Waals surface area contributed by atoms with Crippen LogP contribution < -0.4 is 0 Å². The van der Waals surface area contributed by atoms with Crippen molar-refractivity contribution in [3.63, 3.8) is 0 Å². The Morgan fingerprint density at radius 3 is 2.82 bits per heavy atom. The van der Waals surface area contributed by atoms with Crippen LogP contribution in [0.4, 0.5) is 0 Å². The molecule has 0 bridgehead atoms. The number of H-pyrrole nitrogens is 1. The minimum absolute atomic E-state index is 0.170. The highest BCUT2D eigenvalue weighted by atomic mass is 16.2. The molecule has 0 saturated carbocycles. The van der Waals surface area contributed by atoms with Gasteiger partial charge in [0.2, 0.25) is 5.91 Å². The second-order valence-corrected chi connectivity index (χ2v) is 4.00. The molecule has 0 aliphatic heterocycles. The van der Waals surface area contributed by atoms with E-state index in [1.807, 2.05) is 13.0 Å². The number of nitrogens with one attached hydrogen (secondary N) is 1. The Morgan fingerprint density at radius 2 is 2.35 bits per heavy atom. The first-order valence-electron chi connectivity index (χ1n) is 5.61. The lowest BCUT2D eigenvalue weighted by Gasteiger charge is -2.18. The number of amides is 1. The number of nitrogens with zero attached hydrogens (tertiary/aromatic N) is 4. The minimum atomic E-state index is -0.565. The van der Waals surface area contributed by atoms with Crippen LogP contribution in [0.1, 0.15) is 31.4 Å². The first-order valence-corrected chi connectivity index (χ1v) is 5.61. The molecule has 1 N–H and O–H groups in total. The van der Waals surface area contributed by atoms with E-state index in [2.05, 4.69) is 15.2 Å². The molecule has 0 aliphatic rings. The minimum Gasteiger partial charge on any atom is -0.337 e. The van der Waals surface area contributed by atoms with E-state index in [0.717, 1.165) is 6.42 Å². The summed E-state index contributed by atoms with van der Waals surface area (Å²) < 4.78 is 0. The third-order valence-corrected chi connectivity index (χ3v) is 2.43. The van der Waals surface area contributed by atoms with Gasteiger partial charge in [-0.2, -0.15) is 10.4 Å². The Hall–Kier alpha value is -1.90. The summed E-state index contributed by atoms with van der Waals surface area (Å²) in [7, 11) is 1.66. The zero-order chi connectivity index (χ0) is 12.8. The van der Waals surface area contributed by atoms with Gasteiger partial charge in [-0.1, -0.05) is 13.3 Å². The molecule has 0 aromatic carbocycles. The van der Waals surface area contributed by atoms with E-state index in [4.69, 9.17) is 5.26 Å². The number of carbonyl (C=O) groups excluding carboxylic acids is 1. The molecule has 0 spiro atoms. The van der Waals surface area contributed by atoms with Crippen molar-refractivity contribution in [3.05, 3.63) is 11.6 Å². The standard InChI is InChI=1S/C11H17N5O/c1-4-5-9(6-12)11(17)16(3)7-10-13-8(2)14-15-10/h9H,4-5,7H2,1-3H3,(H,13,14,15). The Kier molecular flexibility index (Phi) is 4.64. The van der Waals surface area contributed by atoms with Crippen molar-refractivity contribution in [2.75, 3.05) is 7.05 Å². The quantitative estimate of drug-likeness (QED) is 0.825. The zero-order valence-corrected chi connectivity index (χ0v) is 10.4. The third-order valence-electron chi connectivity index (χ3n) is 2.43. The van der Waals surface area contributed by atoms with Crippen molar-refractivity contribution >= 4 is 5.91 Å². The van der Waals surface area contributed by atoms with E-state index in [1.54, 1.807) is 14.0 Å². The molecule has 0 fully saturated rings. The molecule has 1 aromatic heterocycles. The molecule has 0 aliphatic carbocycles. The zero-order valence-electron chi connectivity index (χ0n) is 10.4. The SMILES string of the molecule is CCCC(C#N)C(=O)N(C)Cc1n[nH]c(C)n1. The van der Waals surface area contributed by atoms with Crippen molar-refractivity contribution in [1.29, 1.82) is 5.26 Å². The largest absolute Gasteiger partial charge is 0.337 e. The Labute approximate surface area is 101 Å². The maximum absolute atomic E-state index is 11.9. The van der Waals surface area contributed by atoms with Gasteiger partial charge in [0, 0.05) is 7.05 Å². The highest BCUT2D eigenvalue weighted by Crippen LogP contribution is 2.10. The molecule has 1 atom stereocenters. The number of hydrogen-bond donors (Lipinski definition) is 1. The maximum atomic E-state index is 11.9. The number of aryl methyl sites for hydroxylation is 1. The lowest BCUT2D eigenvalue weighted by molar-refractivity contribution is -0.133. The Bertz CT molecular complexity index is 420. The molecule has 1 unspecified atom stereocenters. The van der Waals surface area contributed by atoms with Crippen LogP contribution in [0.25, 0.3) is 0 Å². The van der Waals surface area contributed by atoms with Crippen molar-refractivity contribution in [1.82, 2.24) is 20.1 Å². The highest BCUT2D eigenvalue weighted by Gasteiger charge is 2.21. The predicted molar refractivity (Wildman–Crippen MR) is 61.6 cm³/mol. The molecule has 0 saturated heterocycles. The molecule has 1 rings (SSSR count). The van der Waals surface area contributed by atoms with Crippen LogP contribution >= 0.6 is 0 Å². The van der Waals surface area contributed by atoms with Crippen LogP contribution in [-0.4, -0.2) is 33.0 Å². The number of carbonyl (C=O) groups is 1. The summed E-state index contributed by atoms with van der Waals surface area (Å²) in [5.41, 5.74) is 0. The van der Waals surface area contributed by atoms with Gasteiger partial charge >= 0.3 is 0 Å². The number of nitriles is 1. The Balaban J connectivity index is 2.60. The highest BCUT2D eigenvalue weighted by molar-refractivity contribution is 5.80. The van der Waals surface area contributed by atoms with E-state index in [0.29, 0.717) is 24.6 Å².